The van der Waals surface area contributed by atoms with E-state index in [0.29, 0.717) is 0 Å². The molecule has 1 aliphatic rings. The molecule has 1 atom stereocenters. The van der Waals surface area contributed by atoms with E-state index in [1.54, 1.807) is 7.11 Å². The third kappa shape index (κ3) is 3.22. The van der Waals surface area contributed by atoms with Gasteiger partial charge < -0.3 is 10.5 Å². The average molecular weight is 233 g/mol. The summed E-state index contributed by atoms with van der Waals surface area (Å²) in [6.45, 7) is 2.92. The van der Waals surface area contributed by atoms with E-state index in [0.717, 1.165) is 30.6 Å². The molecule has 1 saturated carbocycles. The molecule has 0 aromatic heterocycles. The van der Waals surface area contributed by atoms with Crippen LogP contribution in [0.2, 0.25) is 0 Å². The highest BCUT2D eigenvalue weighted by molar-refractivity contribution is 5.36. The van der Waals surface area contributed by atoms with Gasteiger partial charge in [-0.25, -0.2) is 0 Å². The van der Waals surface area contributed by atoms with Crippen molar-refractivity contribution in [2.75, 3.05) is 13.7 Å². The molecule has 0 bridgehead atoms. The Kier molecular flexibility index (Phi) is 4.06. The van der Waals surface area contributed by atoms with E-state index in [9.17, 15) is 0 Å². The Morgan fingerprint density at radius 1 is 1.41 bits per heavy atom. The number of nitrogens with two attached hydrogens (primary N) is 1. The largest absolute Gasteiger partial charge is 0.496 e. The zero-order chi connectivity index (χ0) is 12.3. The third-order valence-corrected chi connectivity index (χ3v) is 3.78. The monoisotopic (exact) mass is 233 g/mol. The van der Waals surface area contributed by atoms with Gasteiger partial charge in [0.1, 0.15) is 5.75 Å². The SMILES string of the molecule is COc1ccc(CC(CCN)C2CC2)cc1C. The third-order valence-electron chi connectivity index (χ3n) is 3.78. The standard InChI is InChI=1S/C15H23NO/c1-11-9-12(3-6-15(11)17-2)10-14(7-8-16)13-4-5-13/h3,6,9,13-14H,4-5,7-8,10,16H2,1-2H3. The highest BCUT2D eigenvalue weighted by atomic mass is 16.5. The van der Waals surface area contributed by atoms with E-state index in [2.05, 4.69) is 25.1 Å². The molecule has 1 aromatic rings. The summed E-state index contributed by atoms with van der Waals surface area (Å²) in [6, 6.07) is 6.53. The molecule has 1 unspecified atom stereocenters. The highest BCUT2D eigenvalue weighted by Crippen LogP contribution is 2.40. The van der Waals surface area contributed by atoms with Gasteiger partial charge in [0, 0.05) is 0 Å². The molecule has 0 spiro atoms. The predicted octanol–water partition coefficient (Wildman–Crippen LogP) is 2.92. The van der Waals surface area contributed by atoms with Gasteiger partial charge in [0.2, 0.25) is 0 Å². The van der Waals surface area contributed by atoms with E-state index in [4.69, 9.17) is 10.5 Å². The molecule has 1 fully saturated rings. The normalized spacial score (nSPS) is 16.9. The first-order chi connectivity index (χ1) is 8.24. The summed E-state index contributed by atoms with van der Waals surface area (Å²) in [5.41, 5.74) is 8.36. The van der Waals surface area contributed by atoms with Crippen LogP contribution in [0.3, 0.4) is 0 Å². The minimum Gasteiger partial charge on any atom is -0.496 e. The second kappa shape index (κ2) is 5.54. The Morgan fingerprint density at radius 2 is 2.18 bits per heavy atom. The summed E-state index contributed by atoms with van der Waals surface area (Å²) in [4.78, 5) is 0. The fourth-order valence-electron chi connectivity index (χ4n) is 2.66. The molecule has 0 aliphatic heterocycles. The van der Waals surface area contributed by atoms with E-state index in [1.807, 2.05) is 0 Å². The fraction of sp³-hybridized carbons (Fsp3) is 0.600. The second-order valence-electron chi connectivity index (χ2n) is 5.18. The first-order valence-electron chi connectivity index (χ1n) is 6.58. The molecular weight excluding hydrogens is 210 g/mol. The first-order valence-corrected chi connectivity index (χ1v) is 6.58. The van der Waals surface area contributed by atoms with Crippen LogP contribution in [-0.2, 0) is 6.42 Å². The molecule has 2 nitrogen and oxygen atoms in total. The predicted molar refractivity (Wildman–Crippen MR) is 71.3 cm³/mol. The number of benzene rings is 1. The number of hydrogen-bond donors (Lipinski definition) is 1. The van der Waals surface area contributed by atoms with Crippen LogP contribution in [0, 0.1) is 18.8 Å². The Morgan fingerprint density at radius 3 is 2.71 bits per heavy atom. The van der Waals surface area contributed by atoms with Crippen molar-refractivity contribution in [1.82, 2.24) is 0 Å². The van der Waals surface area contributed by atoms with Gasteiger partial charge in [-0.15, -0.1) is 0 Å². The van der Waals surface area contributed by atoms with Crippen LogP contribution in [0.4, 0.5) is 0 Å². The Bertz CT molecular complexity index is 371. The molecular formula is C15H23NO. The maximum atomic E-state index is 5.70. The van der Waals surface area contributed by atoms with Gasteiger partial charge in [0.15, 0.2) is 0 Å². The molecule has 0 saturated heterocycles. The van der Waals surface area contributed by atoms with Crippen molar-refractivity contribution in [1.29, 1.82) is 0 Å². The van der Waals surface area contributed by atoms with Crippen LogP contribution in [0.5, 0.6) is 5.75 Å². The van der Waals surface area contributed by atoms with Gasteiger partial charge in [-0.1, -0.05) is 12.1 Å². The van der Waals surface area contributed by atoms with Crippen LogP contribution in [0.1, 0.15) is 30.4 Å². The van der Waals surface area contributed by atoms with Crippen molar-refractivity contribution >= 4 is 0 Å². The van der Waals surface area contributed by atoms with Crippen molar-refractivity contribution < 1.29 is 4.74 Å². The lowest BCUT2D eigenvalue weighted by molar-refractivity contribution is 0.410. The molecule has 0 heterocycles. The fourth-order valence-corrected chi connectivity index (χ4v) is 2.66. The highest BCUT2D eigenvalue weighted by Gasteiger charge is 2.30. The smallest absolute Gasteiger partial charge is 0.121 e. The Labute approximate surface area is 104 Å². The second-order valence-corrected chi connectivity index (χ2v) is 5.18. The van der Waals surface area contributed by atoms with Crippen LogP contribution in [-0.4, -0.2) is 13.7 Å². The maximum Gasteiger partial charge on any atom is 0.121 e. The average Bonchev–Trinajstić information content (AvgIpc) is 3.12. The van der Waals surface area contributed by atoms with Crippen molar-refractivity contribution in [3.05, 3.63) is 29.3 Å². The van der Waals surface area contributed by atoms with Crippen LogP contribution in [0.25, 0.3) is 0 Å². The molecule has 94 valence electrons. The number of aryl methyl sites for hydroxylation is 1. The molecule has 0 amide bonds. The van der Waals surface area contributed by atoms with Gasteiger partial charge >= 0.3 is 0 Å². The molecule has 2 N–H and O–H groups in total. The molecule has 2 rings (SSSR count). The minimum atomic E-state index is 0.785. The van der Waals surface area contributed by atoms with Gasteiger partial charge in [-0.2, -0.15) is 0 Å². The first kappa shape index (κ1) is 12.4. The number of rotatable bonds is 6. The summed E-state index contributed by atoms with van der Waals surface area (Å²) < 4.78 is 5.29. The molecule has 17 heavy (non-hydrogen) atoms. The lowest BCUT2D eigenvalue weighted by Crippen LogP contribution is -2.13. The van der Waals surface area contributed by atoms with Gasteiger partial charge in [0.25, 0.3) is 0 Å². The van der Waals surface area contributed by atoms with E-state index in [1.165, 1.54) is 30.4 Å². The van der Waals surface area contributed by atoms with Crippen LogP contribution in [0.15, 0.2) is 18.2 Å². The number of ether oxygens (including phenoxy) is 1. The zero-order valence-corrected chi connectivity index (χ0v) is 10.9. The molecule has 1 aromatic carbocycles. The van der Waals surface area contributed by atoms with Gasteiger partial charge in [0.05, 0.1) is 7.11 Å². The van der Waals surface area contributed by atoms with E-state index in [-0.39, 0.29) is 0 Å². The summed E-state index contributed by atoms with van der Waals surface area (Å²) in [5.74, 6) is 2.70. The van der Waals surface area contributed by atoms with Gasteiger partial charge in [-0.05, 0) is 68.2 Å². The summed E-state index contributed by atoms with van der Waals surface area (Å²) >= 11 is 0. The zero-order valence-electron chi connectivity index (χ0n) is 10.9. The lowest BCUT2D eigenvalue weighted by atomic mass is 9.91. The lowest BCUT2D eigenvalue weighted by Gasteiger charge is -2.16. The topological polar surface area (TPSA) is 35.2 Å². The number of methoxy groups -OCH3 is 1. The van der Waals surface area contributed by atoms with Crippen molar-refractivity contribution in [3.63, 3.8) is 0 Å². The molecule has 0 radical (unpaired) electrons. The van der Waals surface area contributed by atoms with Crippen molar-refractivity contribution in [3.8, 4) is 5.75 Å². The Hall–Kier alpha value is -1.02. The quantitative estimate of drug-likeness (QED) is 0.820. The minimum absolute atomic E-state index is 0.785. The molecule has 2 heteroatoms. The maximum absolute atomic E-state index is 5.70. The van der Waals surface area contributed by atoms with Crippen LogP contribution < -0.4 is 10.5 Å². The summed E-state index contributed by atoms with van der Waals surface area (Å²) in [6.07, 6.45) is 5.14. The van der Waals surface area contributed by atoms with E-state index < -0.39 is 0 Å². The number of hydrogen-bond acceptors (Lipinski definition) is 2. The van der Waals surface area contributed by atoms with Crippen molar-refractivity contribution in [2.24, 2.45) is 17.6 Å². The summed E-state index contributed by atoms with van der Waals surface area (Å²) in [7, 11) is 1.73. The Balaban J connectivity index is 2.03. The van der Waals surface area contributed by atoms with Gasteiger partial charge in [-0.3, -0.25) is 0 Å². The molecule has 1 aliphatic carbocycles. The summed E-state index contributed by atoms with van der Waals surface area (Å²) in [5, 5.41) is 0. The van der Waals surface area contributed by atoms with Crippen LogP contribution >= 0.6 is 0 Å². The van der Waals surface area contributed by atoms with E-state index >= 15 is 0 Å². The van der Waals surface area contributed by atoms with Crippen molar-refractivity contribution in [2.45, 2.75) is 32.6 Å².